The molecular weight excluding hydrogens is 360 g/mol. The van der Waals surface area contributed by atoms with Gasteiger partial charge in [-0.1, -0.05) is 28.1 Å². The molecule has 3 rings (SSSR count). The van der Waals surface area contributed by atoms with Crippen LogP contribution in [0.25, 0.3) is 11.3 Å². The third-order valence-electron chi connectivity index (χ3n) is 3.69. The molecule has 2 amide bonds. The van der Waals surface area contributed by atoms with Crippen LogP contribution in [0.2, 0.25) is 0 Å². The van der Waals surface area contributed by atoms with Gasteiger partial charge in [0.2, 0.25) is 0 Å². The maximum absolute atomic E-state index is 11.9. The number of rotatable bonds is 3. The SMILES string of the molecule is CC(=O)C1=C(C)NC(=O)N[C@H]1c1ccc(-c2ccc(Br)cc2)o1. The Hall–Kier alpha value is -2.34. The lowest BCUT2D eigenvalue weighted by molar-refractivity contribution is -0.114. The van der Waals surface area contributed by atoms with Gasteiger partial charge >= 0.3 is 6.03 Å². The van der Waals surface area contributed by atoms with Crippen LogP contribution in [-0.2, 0) is 4.79 Å². The number of hydrogen-bond donors (Lipinski definition) is 2. The molecule has 23 heavy (non-hydrogen) atoms. The molecule has 0 saturated carbocycles. The number of carbonyl (C=O) groups excluding carboxylic acids is 2. The van der Waals surface area contributed by atoms with Crippen LogP contribution in [0.3, 0.4) is 0 Å². The van der Waals surface area contributed by atoms with E-state index in [9.17, 15) is 9.59 Å². The first-order valence-electron chi connectivity index (χ1n) is 7.10. The first kappa shape index (κ1) is 15.6. The summed E-state index contributed by atoms with van der Waals surface area (Å²) in [5.41, 5.74) is 1.97. The molecule has 0 radical (unpaired) electrons. The summed E-state index contributed by atoms with van der Waals surface area (Å²) in [4.78, 5) is 23.6. The molecule has 1 aromatic heterocycles. The summed E-state index contributed by atoms with van der Waals surface area (Å²) in [7, 11) is 0. The van der Waals surface area contributed by atoms with Crippen molar-refractivity contribution in [3.05, 3.63) is 57.9 Å². The van der Waals surface area contributed by atoms with E-state index >= 15 is 0 Å². The molecule has 0 bridgehead atoms. The van der Waals surface area contributed by atoms with E-state index in [1.807, 2.05) is 30.3 Å². The second kappa shape index (κ2) is 6.04. The van der Waals surface area contributed by atoms with E-state index in [0.717, 1.165) is 10.0 Å². The number of nitrogens with one attached hydrogen (secondary N) is 2. The molecule has 0 fully saturated rings. The minimum Gasteiger partial charge on any atom is -0.459 e. The highest BCUT2D eigenvalue weighted by atomic mass is 79.9. The summed E-state index contributed by atoms with van der Waals surface area (Å²) < 4.78 is 6.86. The van der Waals surface area contributed by atoms with Crippen molar-refractivity contribution in [3.63, 3.8) is 0 Å². The lowest BCUT2D eigenvalue weighted by atomic mass is 9.97. The van der Waals surface area contributed by atoms with Gasteiger partial charge < -0.3 is 15.1 Å². The van der Waals surface area contributed by atoms with Gasteiger partial charge in [0.15, 0.2) is 5.78 Å². The Morgan fingerprint density at radius 1 is 1.17 bits per heavy atom. The molecule has 1 aliphatic rings. The highest BCUT2D eigenvalue weighted by Gasteiger charge is 2.31. The van der Waals surface area contributed by atoms with E-state index < -0.39 is 6.04 Å². The summed E-state index contributed by atoms with van der Waals surface area (Å²) in [5.74, 6) is 1.10. The molecule has 0 saturated heterocycles. The molecule has 0 aliphatic carbocycles. The molecule has 0 unspecified atom stereocenters. The fourth-order valence-electron chi connectivity index (χ4n) is 2.65. The van der Waals surface area contributed by atoms with Crippen molar-refractivity contribution in [2.75, 3.05) is 0 Å². The van der Waals surface area contributed by atoms with Crippen molar-refractivity contribution in [1.29, 1.82) is 0 Å². The molecule has 0 spiro atoms. The Morgan fingerprint density at radius 3 is 2.52 bits per heavy atom. The molecule has 5 nitrogen and oxygen atoms in total. The third kappa shape index (κ3) is 3.07. The van der Waals surface area contributed by atoms with E-state index in [4.69, 9.17) is 4.42 Å². The van der Waals surface area contributed by atoms with Gasteiger partial charge in [0.25, 0.3) is 0 Å². The maximum atomic E-state index is 11.9. The van der Waals surface area contributed by atoms with Crippen molar-refractivity contribution in [1.82, 2.24) is 10.6 Å². The van der Waals surface area contributed by atoms with Crippen LogP contribution in [-0.4, -0.2) is 11.8 Å². The van der Waals surface area contributed by atoms with Crippen molar-refractivity contribution in [2.45, 2.75) is 19.9 Å². The highest BCUT2D eigenvalue weighted by Crippen LogP contribution is 2.32. The monoisotopic (exact) mass is 374 g/mol. The van der Waals surface area contributed by atoms with Gasteiger partial charge in [0.1, 0.15) is 17.6 Å². The van der Waals surface area contributed by atoms with Crippen molar-refractivity contribution >= 4 is 27.7 Å². The van der Waals surface area contributed by atoms with Crippen LogP contribution in [0.5, 0.6) is 0 Å². The molecule has 118 valence electrons. The lowest BCUT2D eigenvalue weighted by Gasteiger charge is -2.26. The van der Waals surface area contributed by atoms with Crippen molar-refractivity contribution in [2.24, 2.45) is 0 Å². The third-order valence-corrected chi connectivity index (χ3v) is 4.22. The van der Waals surface area contributed by atoms with Crippen LogP contribution < -0.4 is 10.6 Å². The molecule has 1 aliphatic heterocycles. The number of Topliss-reactive ketones (excluding diaryl/α,β-unsaturated/α-hetero) is 1. The van der Waals surface area contributed by atoms with Gasteiger partial charge in [-0.3, -0.25) is 4.79 Å². The van der Waals surface area contributed by atoms with Gasteiger partial charge in [-0.15, -0.1) is 0 Å². The van der Waals surface area contributed by atoms with Gasteiger partial charge in [0, 0.05) is 21.3 Å². The van der Waals surface area contributed by atoms with Gasteiger partial charge in [-0.05, 0) is 38.1 Å². The molecular formula is C17H15BrN2O3. The van der Waals surface area contributed by atoms with Crippen LogP contribution in [0, 0.1) is 0 Å². The fraction of sp³-hybridized carbons (Fsp3) is 0.176. The minimum absolute atomic E-state index is 0.110. The quantitative estimate of drug-likeness (QED) is 0.854. The number of amides is 2. The summed E-state index contributed by atoms with van der Waals surface area (Å²) in [6.45, 7) is 3.19. The van der Waals surface area contributed by atoms with Crippen molar-refractivity contribution in [3.8, 4) is 11.3 Å². The number of hydrogen-bond acceptors (Lipinski definition) is 3. The Morgan fingerprint density at radius 2 is 1.87 bits per heavy atom. The number of allylic oxidation sites excluding steroid dienone is 1. The molecule has 2 N–H and O–H groups in total. The zero-order valence-corrected chi connectivity index (χ0v) is 14.2. The molecule has 2 heterocycles. The van der Waals surface area contributed by atoms with Crippen LogP contribution in [0.15, 0.2) is 56.6 Å². The standard InChI is InChI=1S/C17H15BrN2O3/c1-9-15(10(2)21)16(20-17(22)19-9)14-8-7-13(23-14)11-3-5-12(18)6-4-11/h3-8,16H,1-2H3,(H2,19,20,22)/t16-/m0/s1. The van der Waals surface area contributed by atoms with E-state index in [-0.39, 0.29) is 11.8 Å². The summed E-state index contributed by atoms with van der Waals surface area (Å²) in [6.07, 6.45) is 0. The highest BCUT2D eigenvalue weighted by molar-refractivity contribution is 9.10. The topological polar surface area (TPSA) is 71.3 Å². The predicted octanol–water partition coefficient (Wildman–Crippen LogP) is 3.93. The minimum atomic E-state index is -0.578. The maximum Gasteiger partial charge on any atom is 0.319 e. The average molecular weight is 375 g/mol. The van der Waals surface area contributed by atoms with Gasteiger partial charge in [-0.25, -0.2) is 4.79 Å². The molecule has 2 aromatic rings. The zero-order valence-electron chi connectivity index (χ0n) is 12.6. The van der Waals surface area contributed by atoms with Gasteiger partial charge in [-0.2, -0.15) is 0 Å². The summed E-state index contributed by atoms with van der Waals surface area (Å²) >= 11 is 3.39. The number of furan rings is 1. The van der Waals surface area contributed by atoms with E-state index in [2.05, 4.69) is 26.6 Å². The number of halogens is 1. The largest absolute Gasteiger partial charge is 0.459 e. The Balaban J connectivity index is 1.98. The Kier molecular flexibility index (Phi) is 4.09. The predicted molar refractivity (Wildman–Crippen MR) is 89.6 cm³/mol. The Bertz CT molecular complexity index is 806. The summed E-state index contributed by atoms with van der Waals surface area (Å²) in [6, 6.07) is 10.4. The number of benzene rings is 1. The molecule has 1 aromatic carbocycles. The van der Waals surface area contributed by atoms with Crippen LogP contribution in [0.1, 0.15) is 25.6 Å². The van der Waals surface area contributed by atoms with Gasteiger partial charge in [0.05, 0.1) is 0 Å². The number of urea groups is 1. The van der Waals surface area contributed by atoms with Crippen LogP contribution in [0.4, 0.5) is 4.79 Å². The second-order valence-electron chi connectivity index (χ2n) is 5.34. The first-order valence-corrected chi connectivity index (χ1v) is 7.90. The van der Waals surface area contributed by atoms with Crippen LogP contribution >= 0.6 is 15.9 Å². The smallest absolute Gasteiger partial charge is 0.319 e. The number of ketones is 1. The van der Waals surface area contributed by atoms with E-state index in [1.54, 1.807) is 13.0 Å². The zero-order chi connectivity index (χ0) is 16.6. The van der Waals surface area contributed by atoms with E-state index in [1.165, 1.54) is 6.92 Å². The molecule has 1 atom stereocenters. The number of carbonyl (C=O) groups is 2. The average Bonchev–Trinajstić information content (AvgIpc) is 2.96. The normalized spacial score (nSPS) is 17.7. The fourth-order valence-corrected chi connectivity index (χ4v) is 2.92. The van der Waals surface area contributed by atoms with E-state index in [0.29, 0.717) is 22.8 Å². The Labute approximate surface area is 141 Å². The molecule has 6 heteroatoms. The van der Waals surface area contributed by atoms with Crippen molar-refractivity contribution < 1.29 is 14.0 Å². The first-order chi connectivity index (χ1) is 11.0. The summed E-state index contributed by atoms with van der Waals surface area (Å²) in [5, 5.41) is 5.36. The second-order valence-corrected chi connectivity index (χ2v) is 6.25. The lowest BCUT2D eigenvalue weighted by Crippen LogP contribution is -2.44.